The summed E-state index contributed by atoms with van der Waals surface area (Å²) in [6.45, 7) is 6.05. The van der Waals surface area contributed by atoms with E-state index in [0.29, 0.717) is 0 Å². The van der Waals surface area contributed by atoms with Crippen LogP contribution in [0.4, 0.5) is 0 Å². The van der Waals surface area contributed by atoms with Gasteiger partial charge in [-0.2, -0.15) is 5.10 Å². The quantitative estimate of drug-likeness (QED) is 0.800. The molecule has 0 radical (unpaired) electrons. The van der Waals surface area contributed by atoms with Gasteiger partial charge in [-0.3, -0.25) is 0 Å². The maximum absolute atomic E-state index is 4.40. The van der Waals surface area contributed by atoms with Crippen molar-refractivity contribution in [3.8, 4) is 5.82 Å². The smallest absolute Gasteiger partial charge is 0.153 e. The van der Waals surface area contributed by atoms with Crippen LogP contribution in [0, 0.1) is 6.92 Å². The molecule has 2 aromatic heterocycles. The second-order valence-corrected chi connectivity index (χ2v) is 4.10. The Morgan fingerprint density at radius 1 is 1.29 bits per heavy atom. The van der Waals surface area contributed by atoms with Gasteiger partial charge in [-0.25, -0.2) is 9.67 Å². The highest BCUT2D eigenvalue weighted by molar-refractivity contribution is 5.25. The van der Waals surface area contributed by atoms with E-state index in [0.717, 1.165) is 31.0 Å². The van der Waals surface area contributed by atoms with Crippen LogP contribution in [0.2, 0.25) is 0 Å². The molecule has 17 heavy (non-hydrogen) atoms. The predicted octanol–water partition coefficient (Wildman–Crippen LogP) is 2.08. The Bertz CT molecular complexity index is 459. The van der Waals surface area contributed by atoms with Gasteiger partial charge in [0.05, 0.1) is 5.69 Å². The van der Waals surface area contributed by atoms with Gasteiger partial charge in [0.1, 0.15) is 0 Å². The first-order chi connectivity index (χ1) is 8.29. The van der Waals surface area contributed by atoms with Crippen molar-refractivity contribution >= 4 is 0 Å². The van der Waals surface area contributed by atoms with Gasteiger partial charge in [-0.15, -0.1) is 0 Å². The predicted molar refractivity (Wildman–Crippen MR) is 68.1 cm³/mol. The molecule has 0 atom stereocenters. The number of aryl methyl sites for hydroxylation is 1. The fourth-order valence-corrected chi connectivity index (χ4v) is 1.61. The zero-order chi connectivity index (χ0) is 12.1. The number of aromatic nitrogens is 3. The maximum Gasteiger partial charge on any atom is 0.153 e. The van der Waals surface area contributed by atoms with Gasteiger partial charge in [-0.05, 0) is 37.6 Å². The van der Waals surface area contributed by atoms with E-state index in [1.807, 2.05) is 31.5 Å². The van der Waals surface area contributed by atoms with E-state index in [2.05, 4.69) is 28.4 Å². The van der Waals surface area contributed by atoms with Crippen molar-refractivity contribution < 1.29 is 0 Å². The molecule has 0 spiro atoms. The topological polar surface area (TPSA) is 42.7 Å². The van der Waals surface area contributed by atoms with Gasteiger partial charge in [0.2, 0.25) is 0 Å². The molecular formula is C13H18N4. The van der Waals surface area contributed by atoms with Crippen LogP contribution in [0.5, 0.6) is 0 Å². The van der Waals surface area contributed by atoms with Gasteiger partial charge < -0.3 is 5.32 Å². The van der Waals surface area contributed by atoms with E-state index in [9.17, 15) is 0 Å². The van der Waals surface area contributed by atoms with Crippen molar-refractivity contribution in [2.75, 3.05) is 6.54 Å². The molecule has 0 unspecified atom stereocenters. The molecule has 90 valence electrons. The molecule has 4 nitrogen and oxygen atoms in total. The minimum atomic E-state index is 0.859. The Balaban J connectivity index is 2.02. The van der Waals surface area contributed by atoms with Crippen molar-refractivity contribution in [2.45, 2.75) is 26.8 Å². The summed E-state index contributed by atoms with van der Waals surface area (Å²) < 4.78 is 1.79. The highest BCUT2D eigenvalue weighted by atomic mass is 15.3. The first-order valence-corrected chi connectivity index (χ1v) is 5.98. The van der Waals surface area contributed by atoms with E-state index in [4.69, 9.17) is 0 Å². The largest absolute Gasteiger partial charge is 0.313 e. The lowest BCUT2D eigenvalue weighted by molar-refractivity contribution is 0.673. The molecule has 2 aromatic rings. The van der Waals surface area contributed by atoms with Crippen LogP contribution in [-0.4, -0.2) is 21.3 Å². The zero-order valence-corrected chi connectivity index (χ0v) is 10.3. The van der Waals surface area contributed by atoms with E-state index < -0.39 is 0 Å². The molecule has 0 bridgehead atoms. The minimum Gasteiger partial charge on any atom is -0.313 e. The first kappa shape index (κ1) is 11.8. The van der Waals surface area contributed by atoms with Gasteiger partial charge in [0.15, 0.2) is 5.82 Å². The second-order valence-electron chi connectivity index (χ2n) is 4.10. The molecule has 0 saturated carbocycles. The molecule has 2 rings (SSSR count). The van der Waals surface area contributed by atoms with Crippen LogP contribution in [0.3, 0.4) is 0 Å². The summed E-state index contributed by atoms with van der Waals surface area (Å²) in [6, 6.07) is 6.05. The summed E-state index contributed by atoms with van der Waals surface area (Å²) in [6.07, 6.45) is 4.97. The van der Waals surface area contributed by atoms with Gasteiger partial charge >= 0.3 is 0 Å². The van der Waals surface area contributed by atoms with Crippen LogP contribution in [0.15, 0.2) is 30.6 Å². The van der Waals surface area contributed by atoms with E-state index >= 15 is 0 Å². The van der Waals surface area contributed by atoms with Crippen LogP contribution in [-0.2, 0) is 6.54 Å². The van der Waals surface area contributed by atoms with Gasteiger partial charge in [-0.1, -0.05) is 13.0 Å². The number of pyridine rings is 1. The zero-order valence-electron chi connectivity index (χ0n) is 10.3. The number of nitrogens with one attached hydrogen (secondary N) is 1. The summed E-state index contributed by atoms with van der Waals surface area (Å²) in [7, 11) is 0. The Kier molecular flexibility index (Phi) is 3.88. The third-order valence-corrected chi connectivity index (χ3v) is 2.52. The van der Waals surface area contributed by atoms with E-state index in [1.165, 1.54) is 5.56 Å². The van der Waals surface area contributed by atoms with Crippen LogP contribution >= 0.6 is 0 Å². The summed E-state index contributed by atoms with van der Waals surface area (Å²) in [4.78, 5) is 4.40. The maximum atomic E-state index is 4.40. The second kappa shape index (κ2) is 5.59. The summed E-state index contributed by atoms with van der Waals surface area (Å²) in [5.74, 6) is 0.859. The molecule has 1 N–H and O–H groups in total. The molecule has 0 amide bonds. The van der Waals surface area contributed by atoms with Gasteiger partial charge in [0.25, 0.3) is 0 Å². The molecule has 0 aliphatic rings. The minimum absolute atomic E-state index is 0.859. The molecule has 0 fully saturated rings. The number of nitrogens with zero attached hydrogens (tertiary/aromatic N) is 3. The Hall–Kier alpha value is -1.68. The van der Waals surface area contributed by atoms with Crippen LogP contribution in [0.1, 0.15) is 24.6 Å². The Morgan fingerprint density at radius 2 is 2.18 bits per heavy atom. The summed E-state index contributed by atoms with van der Waals surface area (Å²) in [5, 5.41) is 7.68. The SMILES string of the molecule is CCCNCc1ccc(-n2ccc(C)n2)nc1. The van der Waals surface area contributed by atoms with Crippen molar-refractivity contribution in [1.29, 1.82) is 0 Å². The number of hydrogen-bond donors (Lipinski definition) is 1. The van der Waals surface area contributed by atoms with Crippen molar-refractivity contribution in [1.82, 2.24) is 20.1 Å². The highest BCUT2D eigenvalue weighted by Crippen LogP contribution is 2.05. The Labute approximate surface area is 102 Å². The molecule has 0 aromatic carbocycles. The Morgan fingerprint density at radius 3 is 2.76 bits per heavy atom. The summed E-state index contributed by atoms with van der Waals surface area (Å²) >= 11 is 0. The lowest BCUT2D eigenvalue weighted by atomic mass is 10.3. The van der Waals surface area contributed by atoms with E-state index in [1.54, 1.807) is 4.68 Å². The van der Waals surface area contributed by atoms with Gasteiger partial charge in [0, 0.05) is 18.9 Å². The average molecular weight is 230 g/mol. The molecule has 0 saturated heterocycles. The number of hydrogen-bond acceptors (Lipinski definition) is 3. The molecule has 0 aliphatic carbocycles. The monoisotopic (exact) mass is 230 g/mol. The fourth-order valence-electron chi connectivity index (χ4n) is 1.61. The average Bonchev–Trinajstić information content (AvgIpc) is 2.77. The van der Waals surface area contributed by atoms with Crippen LogP contribution < -0.4 is 5.32 Å². The third-order valence-electron chi connectivity index (χ3n) is 2.52. The summed E-state index contributed by atoms with van der Waals surface area (Å²) in [5.41, 5.74) is 2.20. The highest BCUT2D eigenvalue weighted by Gasteiger charge is 1.99. The van der Waals surface area contributed by atoms with Crippen molar-refractivity contribution in [2.24, 2.45) is 0 Å². The van der Waals surface area contributed by atoms with Crippen molar-refractivity contribution in [3.63, 3.8) is 0 Å². The van der Waals surface area contributed by atoms with E-state index in [-0.39, 0.29) is 0 Å². The number of rotatable bonds is 5. The van der Waals surface area contributed by atoms with Crippen molar-refractivity contribution in [3.05, 3.63) is 41.9 Å². The normalized spacial score (nSPS) is 10.7. The first-order valence-electron chi connectivity index (χ1n) is 5.98. The lowest BCUT2D eigenvalue weighted by Gasteiger charge is -2.04. The molecule has 0 aliphatic heterocycles. The molecular weight excluding hydrogens is 212 g/mol. The lowest BCUT2D eigenvalue weighted by Crippen LogP contribution is -2.14. The molecule has 4 heteroatoms. The third kappa shape index (κ3) is 3.14. The molecule has 2 heterocycles. The standard InChI is InChI=1S/C13H18N4/c1-3-7-14-9-12-4-5-13(15-10-12)17-8-6-11(2)16-17/h4-6,8,10,14H,3,7,9H2,1-2H3. The fraction of sp³-hybridized carbons (Fsp3) is 0.385. The van der Waals surface area contributed by atoms with Crippen LogP contribution in [0.25, 0.3) is 5.82 Å².